The van der Waals surface area contributed by atoms with E-state index in [-0.39, 0.29) is 5.56 Å². The lowest BCUT2D eigenvalue weighted by Crippen LogP contribution is -2.13. The Labute approximate surface area is 95.1 Å². The topological polar surface area (TPSA) is 55.0 Å². The van der Waals surface area contributed by atoms with Crippen molar-refractivity contribution in [2.75, 3.05) is 13.7 Å². The van der Waals surface area contributed by atoms with Gasteiger partial charge >= 0.3 is 0 Å². The SMILES string of the molecule is COCCCc1cc(=O)[nH]c(CC2CC2)n1. The minimum Gasteiger partial charge on any atom is -0.385 e. The molecule has 4 heteroatoms. The van der Waals surface area contributed by atoms with Gasteiger partial charge in [-0.05, 0) is 31.6 Å². The molecule has 0 radical (unpaired) electrons. The normalized spacial score (nSPS) is 15.3. The zero-order valence-electron chi connectivity index (χ0n) is 9.66. The van der Waals surface area contributed by atoms with Gasteiger partial charge in [0.25, 0.3) is 5.56 Å². The third-order valence-corrected chi connectivity index (χ3v) is 2.80. The monoisotopic (exact) mass is 222 g/mol. The molecule has 0 aromatic carbocycles. The molecule has 1 aromatic heterocycles. The van der Waals surface area contributed by atoms with Gasteiger partial charge in [-0.15, -0.1) is 0 Å². The van der Waals surface area contributed by atoms with Crippen LogP contribution in [0.1, 0.15) is 30.8 Å². The number of hydrogen-bond acceptors (Lipinski definition) is 3. The van der Waals surface area contributed by atoms with E-state index in [1.807, 2.05) is 0 Å². The second kappa shape index (κ2) is 5.25. The summed E-state index contributed by atoms with van der Waals surface area (Å²) in [7, 11) is 1.68. The Morgan fingerprint density at radius 3 is 3.06 bits per heavy atom. The second-order valence-corrected chi connectivity index (χ2v) is 4.43. The molecule has 0 aliphatic heterocycles. The third kappa shape index (κ3) is 3.45. The number of hydrogen-bond donors (Lipinski definition) is 1. The van der Waals surface area contributed by atoms with Crippen LogP contribution in [-0.4, -0.2) is 23.7 Å². The fourth-order valence-corrected chi connectivity index (χ4v) is 1.78. The van der Waals surface area contributed by atoms with Gasteiger partial charge in [0.1, 0.15) is 5.82 Å². The number of aromatic amines is 1. The van der Waals surface area contributed by atoms with Crippen molar-refractivity contribution in [3.8, 4) is 0 Å². The highest BCUT2D eigenvalue weighted by Crippen LogP contribution is 2.31. The van der Waals surface area contributed by atoms with Crippen LogP contribution in [0, 0.1) is 5.92 Å². The maximum absolute atomic E-state index is 11.4. The van der Waals surface area contributed by atoms with E-state index in [9.17, 15) is 4.79 Å². The van der Waals surface area contributed by atoms with Crippen molar-refractivity contribution >= 4 is 0 Å². The lowest BCUT2D eigenvalue weighted by atomic mass is 10.2. The first-order valence-corrected chi connectivity index (χ1v) is 5.86. The molecule has 4 nitrogen and oxygen atoms in total. The summed E-state index contributed by atoms with van der Waals surface area (Å²) in [6.45, 7) is 0.715. The van der Waals surface area contributed by atoms with Crippen LogP contribution in [0.15, 0.2) is 10.9 Å². The van der Waals surface area contributed by atoms with Crippen LogP contribution >= 0.6 is 0 Å². The van der Waals surface area contributed by atoms with Crippen LogP contribution in [0.25, 0.3) is 0 Å². The van der Waals surface area contributed by atoms with E-state index in [4.69, 9.17) is 4.74 Å². The van der Waals surface area contributed by atoms with Crippen LogP contribution in [0.3, 0.4) is 0 Å². The molecule has 0 unspecified atom stereocenters. The average molecular weight is 222 g/mol. The average Bonchev–Trinajstić information content (AvgIpc) is 3.01. The van der Waals surface area contributed by atoms with Gasteiger partial charge in [-0.1, -0.05) is 0 Å². The zero-order chi connectivity index (χ0) is 11.4. The molecular formula is C12H18N2O2. The lowest BCUT2D eigenvalue weighted by molar-refractivity contribution is 0.195. The van der Waals surface area contributed by atoms with E-state index >= 15 is 0 Å². The number of aromatic nitrogens is 2. The van der Waals surface area contributed by atoms with Crippen molar-refractivity contribution in [2.24, 2.45) is 5.92 Å². The Hall–Kier alpha value is -1.16. The Morgan fingerprint density at radius 2 is 2.38 bits per heavy atom. The molecule has 1 aliphatic rings. The van der Waals surface area contributed by atoms with Crippen LogP contribution in [-0.2, 0) is 17.6 Å². The number of nitrogens with zero attached hydrogens (tertiary/aromatic N) is 1. The van der Waals surface area contributed by atoms with Gasteiger partial charge in [-0.25, -0.2) is 4.98 Å². The quantitative estimate of drug-likeness (QED) is 0.738. The molecule has 0 amide bonds. The molecule has 1 saturated carbocycles. The van der Waals surface area contributed by atoms with Gasteiger partial charge < -0.3 is 9.72 Å². The minimum absolute atomic E-state index is 0.0296. The summed E-state index contributed by atoms with van der Waals surface area (Å²) >= 11 is 0. The highest BCUT2D eigenvalue weighted by Gasteiger charge is 2.22. The number of methoxy groups -OCH3 is 1. The molecule has 16 heavy (non-hydrogen) atoms. The van der Waals surface area contributed by atoms with Crippen LogP contribution in [0.5, 0.6) is 0 Å². The maximum Gasteiger partial charge on any atom is 0.251 e. The first kappa shape index (κ1) is 11.3. The van der Waals surface area contributed by atoms with Crippen LogP contribution in [0.2, 0.25) is 0 Å². The van der Waals surface area contributed by atoms with Crippen molar-refractivity contribution < 1.29 is 4.74 Å². The number of H-pyrrole nitrogens is 1. The summed E-state index contributed by atoms with van der Waals surface area (Å²) < 4.78 is 4.98. The summed E-state index contributed by atoms with van der Waals surface area (Å²) in [6, 6.07) is 1.59. The molecule has 0 atom stereocenters. The van der Waals surface area contributed by atoms with Gasteiger partial charge in [-0.3, -0.25) is 4.79 Å². The summed E-state index contributed by atoms with van der Waals surface area (Å²) in [4.78, 5) is 18.7. The summed E-state index contributed by atoms with van der Waals surface area (Å²) in [5.41, 5.74) is 0.856. The number of nitrogens with one attached hydrogen (secondary N) is 1. The summed E-state index contributed by atoms with van der Waals surface area (Å²) in [5, 5.41) is 0. The molecular weight excluding hydrogens is 204 g/mol. The number of ether oxygens (including phenoxy) is 1. The predicted molar refractivity (Wildman–Crippen MR) is 61.5 cm³/mol. The first-order chi connectivity index (χ1) is 7.78. The van der Waals surface area contributed by atoms with Crippen LogP contribution in [0.4, 0.5) is 0 Å². The Balaban J connectivity index is 1.99. The third-order valence-electron chi connectivity index (χ3n) is 2.80. The minimum atomic E-state index is -0.0296. The highest BCUT2D eigenvalue weighted by atomic mass is 16.5. The lowest BCUT2D eigenvalue weighted by Gasteiger charge is -2.03. The number of rotatable bonds is 6. The first-order valence-electron chi connectivity index (χ1n) is 5.86. The Morgan fingerprint density at radius 1 is 1.56 bits per heavy atom. The molecule has 1 heterocycles. The van der Waals surface area contributed by atoms with Crippen molar-refractivity contribution in [1.82, 2.24) is 9.97 Å². The Kier molecular flexibility index (Phi) is 3.72. The fourth-order valence-electron chi connectivity index (χ4n) is 1.78. The molecule has 1 N–H and O–H groups in total. The molecule has 0 saturated heterocycles. The second-order valence-electron chi connectivity index (χ2n) is 4.43. The molecule has 1 aromatic rings. The van der Waals surface area contributed by atoms with Crippen molar-refractivity contribution in [3.05, 3.63) is 27.9 Å². The van der Waals surface area contributed by atoms with Crippen molar-refractivity contribution in [3.63, 3.8) is 0 Å². The van der Waals surface area contributed by atoms with Gasteiger partial charge in [0.05, 0.1) is 0 Å². The van der Waals surface area contributed by atoms with E-state index < -0.39 is 0 Å². The van der Waals surface area contributed by atoms with Gasteiger partial charge in [0.15, 0.2) is 0 Å². The van der Waals surface area contributed by atoms with E-state index in [2.05, 4.69) is 9.97 Å². The van der Waals surface area contributed by atoms with E-state index in [1.54, 1.807) is 13.2 Å². The largest absolute Gasteiger partial charge is 0.385 e. The molecule has 0 bridgehead atoms. The standard InChI is InChI=1S/C12H18N2O2/c1-16-6-2-3-10-8-12(15)14-11(13-10)7-9-4-5-9/h8-9H,2-7H2,1H3,(H,13,14,15). The zero-order valence-corrected chi connectivity index (χ0v) is 9.66. The number of aryl methyl sites for hydroxylation is 1. The molecule has 88 valence electrons. The van der Waals surface area contributed by atoms with Gasteiger partial charge in [0, 0.05) is 31.9 Å². The van der Waals surface area contributed by atoms with Gasteiger partial charge in [-0.2, -0.15) is 0 Å². The van der Waals surface area contributed by atoms with E-state index in [0.29, 0.717) is 6.61 Å². The predicted octanol–water partition coefficient (Wildman–Crippen LogP) is 1.30. The summed E-state index contributed by atoms with van der Waals surface area (Å²) in [5.74, 6) is 1.60. The van der Waals surface area contributed by atoms with E-state index in [0.717, 1.165) is 36.7 Å². The summed E-state index contributed by atoms with van der Waals surface area (Å²) in [6.07, 6.45) is 5.20. The van der Waals surface area contributed by atoms with Crippen LogP contribution < -0.4 is 5.56 Å². The Bertz CT molecular complexity index is 396. The van der Waals surface area contributed by atoms with Crippen molar-refractivity contribution in [1.29, 1.82) is 0 Å². The smallest absolute Gasteiger partial charge is 0.251 e. The maximum atomic E-state index is 11.4. The van der Waals surface area contributed by atoms with E-state index in [1.165, 1.54) is 12.8 Å². The molecule has 1 aliphatic carbocycles. The highest BCUT2D eigenvalue weighted by molar-refractivity contribution is 5.04. The molecule has 2 rings (SSSR count). The molecule has 0 spiro atoms. The van der Waals surface area contributed by atoms with Gasteiger partial charge in [0.2, 0.25) is 0 Å². The fraction of sp³-hybridized carbons (Fsp3) is 0.667. The van der Waals surface area contributed by atoms with Crippen molar-refractivity contribution in [2.45, 2.75) is 32.1 Å². The molecule has 1 fully saturated rings.